The molecule has 0 spiro atoms. The van der Waals surface area contributed by atoms with E-state index in [0.717, 1.165) is 95.8 Å². The minimum atomic E-state index is -4.95. The zero-order valence-corrected chi connectivity index (χ0v) is 60.9. The Bertz CT molecular complexity index is 1770. The average molecular weight is 1340 g/mol. The molecule has 91 heavy (non-hydrogen) atoms. The van der Waals surface area contributed by atoms with Crippen LogP contribution < -0.4 is 0 Å². The van der Waals surface area contributed by atoms with E-state index in [0.29, 0.717) is 31.6 Å². The fourth-order valence-electron chi connectivity index (χ4n) is 10.9. The van der Waals surface area contributed by atoms with Gasteiger partial charge >= 0.3 is 39.5 Å². The van der Waals surface area contributed by atoms with Crippen molar-refractivity contribution in [2.45, 2.75) is 387 Å². The number of ether oxygens (including phenoxy) is 4. The lowest BCUT2D eigenvalue weighted by Gasteiger charge is -2.21. The molecule has 0 fully saturated rings. The molecule has 0 bridgehead atoms. The molecule has 19 heteroatoms. The number of phosphoric ester groups is 2. The van der Waals surface area contributed by atoms with Crippen LogP contribution in [0.1, 0.15) is 369 Å². The van der Waals surface area contributed by atoms with Gasteiger partial charge in [-0.25, -0.2) is 9.13 Å². The highest BCUT2D eigenvalue weighted by Crippen LogP contribution is 2.45. The van der Waals surface area contributed by atoms with E-state index in [9.17, 15) is 43.2 Å². The van der Waals surface area contributed by atoms with E-state index in [4.69, 9.17) is 37.0 Å². The lowest BCUT2D eigenvalue weighted by molar-refractivity contribution is -0.161. The van der Waals surface area contributed by atoms with E-state index < -0.39 is 97.5 Å². The third kappa shape index (κ3) is 66.5. The van der Waals surface area contributed by atoms with Crippen molar-refractivity contribution in [3.63, 3.8) is 0 Å². The van der Waals surface area contributed by atoms with Gasteiger partial charge in [0.05, 0.1) is 26.4 Å². The van der Waals surface area contributed by atoms with Crippen LogP contribution in [0.4, 0.5) is 0 Å². The molecule has 0 aromatic rings. The zero-order chi connectivity index (χ0) is 67.2. The van der Waals surface area contributed by atoms with Crippen molar-refractivity contribution >= 4 is 39.5 Å². The number of esters is 4. The van der Waals surface area contributed by atoms with Crippen LogP contribution in [0.2, 0.25) is 0 Å². The van der Waals surface area contributed by atoms with Crippen molar-refractivity contribution < 1.29 is 80.2 Å². The molecule has 0 amide bonds. The summed E-state index contributed by atoms with van der Waals surface area (Å²) in [6, 6.07) is 0. The van der Waals surface area contributed by atoms with Crippen molar-refractivity contribution in [2.75, 3.05) is 39.6 Å². The summed E-state index contributed by atoms with van der Waals surface area (Å²) in [5, 5.41) is 10.6. The van der Waals surface area contributed by atoms with Crippen LogP contribution in [0.25, 0.3) is 0 Å². The fraction of sp³-hybridized carbons (Fsp3) is 0.944. The summed E-state index contributed by atoms with van der Waals surface area (Å²) < 4.78 is 68.3. The molecule has 17 nitrogen and oxygen atoms in total. The molecular weight excluding hydrogens is 1200 g/mol. The SMILES string of the molecule is CCCCCCCCCCCCCCCCCCCCCCC(=O)O[C@H](COC(=O)CCCCCCCCCCC(C)C)COP(=O)(O)OC[C@@H](O)COP(=O)(O)OC[C@@H](COC(=O)CCCCCCCCCCCC)OC(=O)CCCCCCCCCC(C)C. The second-order valence-corrected chi connectivity index (χ2v) is 29.8. The summed E-state index contributed by atoms with van der Waals surface area (Å²) in [6.07, 6.45) is 50.2. The van der Waals surface area contributed by atoms with E-state index in [1.165, 1.54) is 186 Å². The molecule has 0 aliphatic rings. The van der Waals surface area contributed by atoms with Crippen molar-refractivity contribution in [1.29, 1.82) is 0 Å². The predicted molar refractivity (Wildman–Crippen MR) is 368 cm³/mol. The van der Waals surface area contributed by atoms with Gasteiger partial charge in [-0.05, 0) is 37.5 Å². The first-order valence-electron chi connectivity index (χ1n) is 37.5. The summed E-state index contributed by atoms with van der Waals surface area (Å²) in [5.74, 6) is -0.704. The van der Waals surface area contributed by atoms with Gasteiger partial charge in [-0.3, -0.25) is 37.3 Å². The van der Waals surface area contributed by atoms with Crippen LogP contribution in [0.15, 0.2) is 0 Å². The van der Waals surface area contributed by atoms with Gasteiger partial charge in [-0.2, -0.15) is 0 Å². The number of hydrogen-bond donors (Lipinski definition) is 3. The molecule has 0 radical (unpaired) electrons. The molecule has 0 aromatic heterocycles. The predicted octanol–water partition coefficient (Wildman–Crippen LogP) is 20.8. The van der Waals surface area contributed by atoms with Crippen LogP contribution in [-0.4, -0.2) is 96.7 Å². The summed E-state index contributed by atoms with van der Waals surface area (Å²) in [6.45, 7) is 9.45. The Morgan fingerprint density at radius 3 is 0.747 bits per heavy atom. The summed E-state index contributed by atoms with van der Waals surface area (Å²) in [4.78, 5) is 72.5. The van der Waals surface area contributed by atoms with Crippen molar-refractivity contribution in [2.24, 2.45) is 11.8 Å². The fourth-order valence-corrected chi connectivity index (χ4v) is 12.5. The largest absolute Gasteiger partial charge is 0.472 e. The molecule has 540 valence electrons. The maximum atomic E-state index is 13.0. The van der Waals surface area contributed by atoms with Gasteiger partial charge in [-0.15, -0.1) is 0 Å². The number of hydrogen-bond acceptors (Lipinski definition) is 15. The van der Waals surface area contributed by atoms with E-state index in [1.807, 2.05) is 0 Å². The number of aliphatic hydroxyl groups excluding tert-OH is 1. The standard InChI is InChI=1S/C72H140O17P2/c1-7-9-11-13-15-17-19-20-21-22-23-24-25-26-27-28-30-38-44-50-56-71(76)88-67(60-83-70(75)55-49-43-37-32-31-34-40-46-52-64(3)4)62-86-90(78,79)84-58-66(73)59-85-91(80,81)87-63-68(89-72(77)57-51-45-39-33-35-41-47-53-65(5)6)61-82-69(74)54-48-42-36-29-18-16-14-12-10-8-2/h64-68,73H,7-63H2,1-6H3,(H,78,79)(H,80,81)/t66-,67-,68-/m1/s1. The van der Waals surface area contributed by atoms with Crippen molar-refractivity contribution in [3.05, 3.63) is 0 Å². The molecule has 0 saturated heterocycles. The Kier molecular flexibility index (Phi) is 62.7. The molecule has 0 saturated carbocycles. The molecule has 3 N–H and O–H groups in total. The Morgan fingerprint density at radius 2 is 0.505 bits per heavy atom. The lowest BCUT2D eigenvalue weighted by Crippen LogP contribution is -2.30. The third-order valence-corrected chi connectivity index (χ3v) is 18.6. The third-order valence-electron chi connectivity index (χ3n) is 16.7. The number of phosphoric acid groups is 2. The maximum absolute atomic E-state index is 13.0. The maximum Gasteiger partial charge on any atom is 0.472 e. The number of unbranched alkanes of at least 4 members (excludes halogenated alkanes) is 41. The van der Waals surface area contributed by atoms with E-state index in [-0.39, 0.29) is 25.7 Å². The Balaban J connectivity index is 5.18. The highest BCUT2D eigenvalue weighted by molar-refractivity contribution is 7.47. The second kappa shape index (κ2) is 64.1. The second-order valence-electron chi connectivity index (χ2n) is 26.9. The first kappa shape index (κ1) is 89.1. The number of aliphatic hydroxyl groups is 1. The zero-order valence-electron chi connectivity index (χ0n) is 59.1. The molecule has 0 aliphatic carbocycles. The van der Waals surface area contributed by atoms with Crippen LogP contribution in [-0.2, 0) is 65.4 Å². The van der Waals surface area contributed by atoms with Gasteiger partial charge in [0.15, 0.2) is 12.2 Å². The number of rotatable bonds is 71. The number of carbonyl (C=O) groups excluding carboxylic acids is 4. The topological polar surface area (TPSA) is 237 Å². The number of carbonyl (C=O) groups is 4. The monoisotopic (exact) mass is 1340 g/mol. The van der Waals surface area contributed by atoms with Crippen molar-refractivity contribution in [3.8, 4) is 0 Å². The van der Waals surface area contributed by atoms with Gasteiger partial charge in [0.2, 0.25) is 0 Å². The summed E-state index contributed by atoms with van der Waals surface area (Å²) >= 11 is 0. The van der Waals surface area contributed by atoms with Gasteiger partial charge in [0, 0.05) is 25.7 Å². The summed E-state index contributed by atoms with van der Waals surface area (Å²) in [7, 11) is -9.90. The highest BCUT2D eigenvalue weighted by Gasteiger charge is 2.30. The minimum Gasteiger partial charge on any atom is -0.462 e. The average Bonchev–Trinajstić information content (AvgIpc) is 3.36. The molecule has 2 unspecified atom stereocenters. The first-order chi connectivity index (χ1) is 43.9. The molecule has 0 heterocycles. The normalized spacial score (nSPS) is 14.1. The van der Waals surface area contributed by atoms with Crippen molar-refractivity contribution in [1.82, 2.24) is 0 Å². The minimum absolute atomic E-state index is 0.104. The highest BCUT2D eigenvalue weighted by atomic mass is 31.2. The van der Waals surface area contributed by atoms with Crippen LogP contribution in [0.3, 0.4) is 0 Å². The Labute approximate surface area is 556 Å². The van der Waals surface area contributed by atoms with E-state index in [1.54, 1.807) is 0 Å². The Hall–Kier alpha value is -1.94. The molecule has 0 aliphatic heterocycles. The molecule has 0 aromatic carbocycles. The van der Waals surface area contributed by atoms with Gasteiger partial charge in [-0.1, -0.05) is 318 Å². The van der Waals surface area contributed by atoms with Gasteiger partial charge in [0.1, 0.15) is 19.3 Å². The van der Waals surface area contributed by atoms with E-state index >= 15 is 0 Å². The Morgan fingerprint density at radius 1 is 0.297 bits per heavy atom. The molecule has 0 rings (SSSR count). The quantitative estimate of drug-likeness (QED) is 0.0222. The van der Waals surface area contributed by atoms with Crippen LogP contribution >= 0.6 is 15.6 Å². The lowest BCUT2D eigenvalue weighted by atomic mass is 10.0. The molecular formula is C72H140O17P2. The smallest absolute Gasteiger partial charge is 0.462 e. The van der Waals surface area contributed by atoms with E-state index in [2.05, 4.69) is 41.5 Å². The van der Waals surface area contributed by atoms with Crippen LogP contribution in [0, 0.1) is 11.8 Å². The van der Waals surface area contributed by atoms with Gasteiger partial charge in [0.25, 0.3) is 0 Å². The van der Waals surface area contributed by atoms with Gasteiger partial charge < -0.3 is 33.8 Å². The van der Waals surface area contributed by atoms with Crippen LogP contribution in [0.5, 0.6) is 0 Å². The molecule has 5 atom stereocenters. The first-order valence-corrected chi connectivity index (χ1v) is 40.5. The summed E-state index contributed by atoms with van der Waals surface area (Å²) in [5.41, 5.74) is 0.